The number of hydrogen-bond acceptors (Lipinski definition) is 2. The second kappa shape index (κ2) is 7.28. The van der Waals surface area contributed by atoms with Crippen molar-refractivity contribution >= 4 is 5.69 Å². The first-order chi connectivity index (χ1) is 14.1. The lowest BCUT2D eigenvalue weighted by molar-refractivity contribution is 0.0309. The van der Waals surface area contributed by atoms with Gasteiger partial charge in [0, 0.05) is 11.4 Å². The Hall–Kier alpha value is -1.70. The molecule has 5 rings (SSSR count). The molecule has 4 aliphatic rings. The number of para-hydroxylation sites is 1. The van der Waals surface area contributed by atoms with E-state index in [-0.39, 0.29) is 12.2 Å². The van der Waals surface area contributed by atoms with Crippen LogP contribution in [0.1, 0.15) is 78.1 Å². The van der Waals surface area contributed by atoms with Gasteiger partial charge in [0.2, 0.25) is 0 Å². The van der Waals surface area contributed by atoms with Crippen molar-refractivity contribution < 1.29 is 1.37 Å². The molecule has 2 heteroatoms. The summed E-state index contributed by atoms with van der Waals surface area (Å²) in [6, 6.07) is 8.58. The van der Waals surface area contributed by atoms with Gasteiger partial charge in [0.1, 0.15) is 0 Å². The number of nitrogens with zero attached hydrogens (tertiary/aromatic N) is 2. The van der Waals surface area contributed by atoms with E-state index in [9.17, 15) is 1.37 Å². The van der Waals surface area contributed by atoms with Crippen molar-refractivity contribution in [1.29, 1.82) is 0 Å². The average molecular weight is 378 g/mol. The highest BCUT2D eigenvalue weighted by Gasteiger charge is 2.53. The molecular weight excluding hydrogens is 340 g/mol. The molecule has 1 unspecified atom stereocenters. The topological polar surface area (TPSA) is 6.48 Å². The van der Waals surface area contributed by atoms with Crippen LogP contribution in [0.5, 0.6) is 0 Å². The van der Waals surface area contributed by atoms with Gasteiger partial charge in [-0.1, -0.05) is 62.8 Å². The third-order valence-corrected chi connectivity index (χ3v) is 8.04. The fraction of sp³-hybridized carbons (Fsp3) is 0.615. The third kappa shape index (κ3) is 2.75. The second-order valence-corrected chi connectivity index (χ2v) is 9.50. The van der Waals surface area contributed by atoms with E-state index in [0.717, 1.165) is 0 Å². The summed E-state index contributed by atoms with van der Waals surface area (Å²) in [7, 11) is 0. The summed E-state index contributed by atoms with van der Waals surface area (Å²) in [5.41, 5.74) is 5.08. The summed E-state index contributed by atoms with van der Waals surface area (Å²) in [6.45, 7) is 4.05. The second-order valence-electron chi connectivity index (χ2n) is 9.50. The van der Waals surface area contributed by atoms with Crippen molar-refractivity contribution in [3.63, 3.8) is 0 Å². The monoisotopic (exact) mass is 377 g/mol. The SMILES string of the molecule is [2H]C1N(c2ccccc2C)C(C)=C2C=CC(C3CCCCC3)(C3CCCCC3)N21. The van der Waals surface area contributed by atoms with Crippen LogP contribution < -0.4 is 4.90 Å². The minimum absolute atomic E-state index is 0.0568. The predicted molar refractivity (Wildman–Crippen MR) is 118 cm³/mol. The van der Waals surface area contributed by atoms with Crippen LogP contribution in [0.2, 0.25) is 0 Å². The molecule has 2 fully saturated rings. The molecule has 2 heterocycles. The van der Waals surface area contributed by atoms with Crippen molar-refractivity contribution in [1.82, 2.24) is 4.90 Å². The fourth-order valence-corrected chi connectivity index (χ4v) is 6.57. The zero-order valence-electron chi connectivity index (χ0n) is 18.7. The first-order valence-corrected chi connectivity index (χ1v) is 11.6. The highest BCUT2D eigenvalue weighted by molar-refractivity contribution is 5.61. The molecule has 0 saturated heterocycles. The van der Waals surface area contributed by atoms with E-state index in [1.54, 1.807) is 0 Å². The van der Waals surface area contributed by atoms with Gasteiger partial charge in [-0.25, -0.2) is 0 Å². The first-order valence-electron chi connectivity index (χ1n) is 12.2. The van der Waals surface area contributed by atoms with Crippen LogP contribution in [-0.2, 0) is 0 Å². The van der Waals surface area contributed by atoms with Gasteiger partial charge in [-0.3, -0.25) is 0 Å². The van der Waals surface area contributed by atoms with Crippen molar-refractivity contribution in [2.45, 2.75) is 83.6 Å². The van der Waals surface area contributed by atoms with Crippen molar-refractivity contribution in [2.75, 3.05) is 11.5 Å². The first kappa shape index (κ1) is 17.2. The molecule has 2 aliphatic carbocycles. The van der Waals surface area contributed by atoms with E-state index >= 15 is 0 Å². The lowest BCUT2D eigenvalue weighted by Crippen LogP contribution is -2.56. The Bertz CT molecular complexity index is 796. The minimum Gasteiger partial charge on any atom is -0.342 e. The Morgan fingerprint density at radius 2 is 1.50 bits per heavy atom. The van der Waals surface area contributed by atoms with E-state index in [2.05, 4.69) is 60.1 Å². The maximum atomic E-state index is 9.44. The summed E-state index contributed by atoms with van der Waals surface area (Å²) in [5, 5.41) is 0. The van der Waals surface area contributed by atoms with E-state index in [0.29, 0.717) is 11.8 Å². The lowest BCUT2D eigenvalue weighted by atomic mass is 9.64. The van der Waals surface area contributed by atoms with Gasteiger partial charge in [-0.05, 0) is 69.1 Å². The van der Waals surface area contributed by atoms with Gasteiger partial charge in [0.05, 0.1) is 19.3 Å². The van der Waals surface area contributed by atoms with E-state index in [1.807, 2.05) is 0 Å². The van der Waals surface area contributed by atoms with Crippen LogP contribution >= 0.6 is 0 Å². The van der Waals surface area contributed by atoms with Gasteiger partial charge in [-0.15, -0.1) is 0 Å². The highest BCUT2D eigenvalue weighted by Crippen LogP contribution is 2.53. The van der Waals surface area contributed by atoms with Gasteiger partial charge in [0.25, 0.3) is 0 Å². The maximum absolute atomic E-state index is 9.44. The average Bonchev–Trinajstić information content (AvgIpc) is 3.28. The summed E-state index contributed by atoms with van der Waals surface area (Å²) in [5.74, 6) is 1.40. The number of fused-ring (bicyclic) bond motifs is 1. The normalized spacial score (nSPS) is 28.8. The maximum Gasteiger partial charge on any atom is 0.0958 e. The summed E-state index contributed by atoms with van der Waals surface area (Å²) >= 11 is 0. The molecule has 150 valence electrons. The molecule has 28 heavy (non-hydrogen) atoms. The molecule has 0 N–H and O–H groups in total. The Kier molecular flexibility index (Phi) is 4.47. The quantitative estimate of drug-likeness (QED) is 0.573. The molecule has 1 atom stereocenters. The number of aryl methyl sites for hydroxylation is 1. The van der Waals surface area contributed by atoms with E-state index < -0.39 is 0 Å². The van der Waals surface area contributed by atoms with Gasteiger partial charge < -0.3 is 9.80 Å². The van der Waals surface area contributed by atoms with Gasteiger partial charge >= 0.3 is 0 Å². The van der Waals surface area contributed by atoms with Crippen molar-refractivity contribution in [2.24, 2.45) is 11.8 Å². The Balaban J connectivity index is 1.58. The number of anilines is 1. The molecule has 0 radical (unpaired) electrons. The standard InChI is InChI=1S/C26H36N2/c1-20-11-9-10-16-24(20)27-19-28-25(21(27)2)17-18-26(28,22-12-5-3-6-13-22)23-14-7-4-8-15-23/h9-11,16-18,22-23H,3-8,12-15,19H2,1-2H3/i19D. The number of benzene rings is 1. The van der Waals surface area contributed by atoms with Gasteiger partial charge in [0.15, 0.2) is 0 Å². The molecule has 0 aromatic heterocycles. The number of hydrogen-bond donors (Lipinski definition) is 0. The molecule has 1 aromatic rings. The van der Waals surface area contributed by atoms with Gasteiger partial charge in [-0.2, -0.15) is 0 Å². The van der Waals surface area contributed by atoms with Crippen LogP contribution in [0.3, 0.4) is 0 Å². The Morgan fingerprint density at radius 1 is 0.893 bits per heavy atom. The minimum atomic E-state index is -0.357. The predicted octanol–water partition coefficient (Wildman–Crippen LogP) is 6.78. The third-order valence-electron chi connectivity index (χ3n) is 8.04. The molecule has 1 aromatic carbocycles. The van der Waals surface area contributed by atoms with Crippen LogP contribution in [0.4, 0.5) is 5.69 Å². The lowest BCUT2D eigenvalue weighted by Gasteiger charge is -2.52. The van der Waals surface area contributed by atoms with Crippen LogP contribution in [0, 0.1) is 18.8 Å². The molecule has 2 nitrogen and oxygen atoms in total. The summed E-state index contributed by atoms with van der Waals surface area (Å²) in [4.78, 5) is 4.84. The van der Waals surface area contributed by atoms with E-state index in [4.69, 9.17) is 0 Å². The molecule has 0 amide bonds. The summed E-state index contributed by atoms with van der Waals surface area (Å²) < 4.78 is 9.44. The fourth-order valence-electron chi connectivity index (χ4n) is 6.57. The Labute approximate surface area is 172 Å². The number of rotatable bonds is 3. The molecule has 0 bridgehead atoms. The zero-order chi connectivity index (χ0) is 20.0. The zero-order valence-corrected chi connectivity index (χ0v) is 17.7. The number of allylic oxidation sites excluding steroid dienone is 2. The largest absolute Gasteiger partial charge is 0.342 e. The van der Waals surface area contributed by atoms with Crippen molar-refractivity contribution in [3.05, 3.63) is 53.4 Å². The highest BCUT2D eigenvalue weighted by atomic mass is 15.4. The summed E-state index contributed by atoms with van der Waals surface area (Å²) in [6.07, 6.45) is 18.5. The van der Waals surface area contributed by atoms with Crippen LogP contribution in [-0.4, -0.2) is 17.1 Å². The van der Waals surface area contributed by atoms with Crippen LogP contribution in [0.25, 0.3) is 0 Å². The van der Waals surface area contributed by atoms with Crippen molar-refractivity contribution in [3.8, 4) is 0 Å². The smallest absolute Gasteiger partial charge is 0.0958 e. The molecule has 0 spiro atoms. The van der Waals surface area contributed by atoms with E-state index in [1.165, 1.54) is 86.9 Å². The molecule has 2 saturated carbocycles. The molecular formula is C26H36N2. The molecule has 2 aliphatic heterocycles. The Morgan fingerprint density at radius 3 is 2.11 bits per heavy atom. The van der Waals surface area contributed by atoms with Crippen LogP contribution in [0.15, 0.2) is 47.8 Å².